The fourth-order valence-corrected chi connectivity index (χ4v) is 1.27. The molecule has 0 aliphatic carbocycles. The third-order valence-corrected chi connectivity index (χ3v) is 2.05. The summed E-state index contributed by atoms with van der Waals surface area (Å²) in [5.74, 6) is -1.04. The lowest BCUT2D eigenvalue weighted by atomic mass is 10.4. The molecule has 72 valence electrons. The molecule has 0 spiro atoms. The van der Waals surface area contributed by atoms with Gasteiger partial charge >= 0.3 is 0 Å². The standard InChI is InChI=1S/C7H5BrF3NO/c8-6-1-5(13)4(9)2-12(6)3-7(10)11/h1-2,7H,3H2. The number of alkyl halides is 2. The van der Waals surface area contributed by atoms with Crippen molar-refractivity contribution in [3.63, 3.8) is 0 Å². The number of halogens is 4. The molecular weight excluding hydrogens is 251 g/mol. The number of pyridine rings is 1. The zero-order valence-electron chi connectivity index (χ0n) is 6.31. The normalized spacial score (nSPS) is 10.8. The van der Waals surface area contributed by atoms with E-state index in [4.69, 9.17) is 0 Å². The van der Waals surface area contributed by atoms with Crippen LogP contribution in [0.1, 0.15) is 0 Å². The lowest BCUT2D eigenvalue weighted by molar-refractivity contribution is 0.125. The van der Waals surface area contributed by atoms with Gasteiger partial charge in [0.05, 0.1) is 11.1 Å². The van der Waals surface area contributed by atoms with Crippen LogP contribution in [0.25, 0.3) is 0 Å². The summed E-state index contributed by atoms with van der Waals surface area (Å²) < 4.78 is 37.5. The van der Waals surface area contributed by atoms with Crippen molar-refractivity contribution in [1.82, 2.24) is 4.57 Å². The Hall–Kier alpha value is -0.780. The van der Waals surface area contributed by atoms with E-state index < -0.39 is 24.2 Å². The Kier molecular flexibility index (Phi) is 3.13. The molecule has 0 aliphatic rings. The average Bonchev–Trinajstić information content (AvgIpc) is 1.99. The molecule has 6 heteroatoms. The van der Waals surface area contributed by atoms with Crippen molar-refractivity contribution in [3.05, 3.63) is 32.9 Å². The topological polar surface area (TPSA) is 22.0 Å². The lowest BCUT2D eigenvalue weighted by Crippen LogP contribution is -2.14. The molecule has 1 aromatic rings. The van der Waals surface area contributed by atoms with Crippen LogP contribution in [0.4, 0.5) is 13.2 Å². The maximum atomic E-state index is 12.6. The van der Waals surface area contributed by atoms with Crippen molar-refractivity contribution in [2.45, 2.75) is 13.0 Å². The minimum atomic E-state index is -2.58. The van der Waals surface area contributed by atoms with Gasteiger partial charge in [-0.25, -0.2) is 13.2 Å². The molecular formula is C7H5BrF3NO. The van der Waals surface area contributed by atoms with Gasteiger partial charge in [-0.1, -0.05) is 0 Å². The second-order valence-corrected chi connectivity index (χ2v) is 3.16. The van der Waals surface area contributed by atoms with Crippen LogP contribution in [-0.2, 0) is 6.54 Å². The monoisotopic (exact) mass is 255 g/mol. The van der Waals surface area contributed by atoms with E-state index in [1.807, 2.05) is 0 Å². The third kappa shape index (κ3) is 2.58. The highest BCUT2D eigenvalue weighted by molar-refractivity contribution is 9.10. The van der Waals surface area contributed by atoms with E-state index in [1.54, 1.807) is 0 Å². The van der Waals surface area contributed by atoms with Gasteiger partial charge in [0.25, 0.3) is 6.43 Å². The van der Waals surface area contributed by atoms with Gasteiger partial charge < -0.3 is 4.57 Å². The van der Waals surface area contributed by atoms with Gasteiger partial charge in [0, 0.05) is 12.3 Å². The first-order valence-electron chi connectivity index (χ1n) is 3.34. The first kappa shape index (κ1) is 10.3. The van der Waals surface area contributed by atoms with E-state index in [0.717, 1.165) is 16.8 Å². The molecule has 0 N–H and O–H groups in total. The quantitative estimate of drug-likeness (QED) is 0.742. The number of rotatable bonds is 2. The summed E-state index contributed by atoms with van der Waals surface area (Å²) in [5.41, 5.74) is -0.822. The second-order valence-electron chi connectivity index (χ2n) is 2.35. The molecule has 0 bridgehead atoms. The smallest absolute Gasteiger partial charge is 0.256 e. The Balaban J connectivity index is 3.08. The van der Waals surface area contributed by atoms with Crippen LogP contribution in [0.3, 0.4) is 0 Å². The number of nitrogens with zero attached hydrogens (tertiary/aromatic N) is 1. The number of aromatic nitrogens is 1. The third-order valence-electron chi connectivity index (χ3n) is 1.36. The van der Waals surface area contributed by atoms with Crippen molar-refractivity contribution in [2.75, 3.05) is 0 Å². The molecule has 0 amide bonds. The number of hydrogen-bond acceptors (Lipinski definition) is 1. The van der Waals surface area contributed by atoms with Gasteiger partial charge in [-0.2, -0.15) is 0 Å². The van der Waals surface area contributed by atoms with Crippen molar-refractivity contribution >= 4 is 15.9 Å². The molecule has 2 nitrogen and oxygen atoms in total. The minimum absolute atomic E-state index is 0.138. The fourth-order valence-electron chi connectivity index (χ4n) is 0.811. The predicted octanol–water partition coefficient (Wildman–Crippen LogP) is 2.02. The molecule has 1 rings (SSSR count). The van der Waals surface area contributed by atoms with Gasteiger partial charge in [-0.05, 0) is 15.9 Å². The van der Waals surface area contributed by atoms with E-state index in [0.29, 0.717) is 0 Å². The molecule has 0 aromatic carbocycles. The maximum Gasteiger partial charge on any atom is 0.256 e. The molecule has 0 aliphatic heterocycles. The minimum Gasteiger partial charge on any atom is -0.333 e. The van der Waals surface area contributed by atoms with Crippen LogP contribution in [0.2, 0.25) is 0 Å². The Morgan fingerprint density at radius 2 is 2.15 bits per heavy atom. The zero-order valence-corrected chi connectivity index (χ0v) is 7.89. The average molecular weight is 256 g/mol. The van der Waals surface area contributed by atoms with Crippen LogP contribution in [0.15, 0.2) is 21.7 Å². The van der Waals surface area contributed by atoms with Crippen LogP contribution >= 0.6 is 15.9 Å². The molecule has 0 fully saturated rings. The van der Waals surface area contributed by atoms with E-state index >= 15 is 0 Å². The first-order chi connectivity index (χ1) is 6.00. The molecule has 0 unspecified atom stereocenters. The molecule has 1 heterocycles. The van der Waals surface area contributed by atoms with Crippen molar-refractivity contribution < 1.29 is 13.2 Å². The molecule has 13 heavy (non-hydrogen) atoms. The Morgan fingerprint density at radius 1 is 1.54 bits per heavy atom. The van der Waals surface area contributed by atoms with Gasteiger partial charge in [-0.15, -0.1) is 0 Å². The molecule has 1 aromatic heterocycles. The summed E-state index contributed by atoms with van der Waals surface area (Å²) in [7, 11) is 0. The van der Waals surface area contributed by atoms with E-state index in [-0.39, 0.29) is 4.60 Å². The highest BCUT2D eigenvalue weighted by Crippen LogP contribution is 2.10. The second kappa shape index (κ2) is 3.95. The Labute approximate surface area is 80.1 Å². The summed E-state index contributed by atoms with van der Waals surface area (Å²) in [6, 6.07) is 0.914. The highest BCUT2D eigenvalue weighted by atomic mass is 79.9. The molecule has 0 saturated carbocycles. The van der Waals surface area contributed by atoms with Crippen molar-refractivity contribution in [2.24, 2.45) is 0 Å². The first-order valence-corrected chi connectivity index (χ1v) is 4.13. The zero-order chi connectivity index (χ0) is 10.0. The summed E-state index contributed by atoms with van der Waals surface area (Å²) >= 11 is 2.87. The van der Waals surface area contributed by atoms with Crippen LogP contribution in [0.5, 0.6) is 0 Å². The van der Waals surface area contributed by atoms with Gasteiger partial charge in [0.2, 0.25) is 5.43 Å². The fraction of sp³-hybridized carbons (Fsp3) is 0.286. The van der Waals surface area contributed by atoms with Crippen LogP contribution in [-0.4, -0.2) is 11.0 Å². The lowest BCUT2D eigenvalue weighted by Gasteiger charge is -2.07. The van der Waals surface area contributed by atoms with Gasteiger partial charge in [0.1, 0.15) is 0 Å². The molecule has 0 radical (unpaired) electrons. The highest BCUT2D eigenvalue weighted by Gasteiger charge is 2.08. The van der Waals surface area contributed by atoms with E-state index in [9.17, 15) is 18.0 Å². The van der Waals surface area contributed by atoms with Gasteiger partial charge in [-0.3, -0.25) is 4.79 Å². The summed E-state index contributed by atoms with van der Waals surface area (Å²) in [5, 5.41) is 0. The van der Waals surface area contributed by atoms with Crippen molar-refractivity contribution in [3.8, 4) is 0 Å². The van der Waals surface area contributed by atoms with Crippen molar-refractivity contribution in [1.29, 1.82) is 0 Å². The summed E-state index contributed by atoms with van der Waals surface area (Å²) in [4.78, 5) is 10.7. The number of hydrogen-bond donors (Lipinski definition) is 0. The van der Waals surface area contributed by atoms with Gasteiger partial charge in [0.15, 0.2) is 5.82 Å². The van der Waals surface area contributed by atoms with E-state index in [2.05, 4.69) is 15.9 Å². The Morgan fingerprint density at radius 3 is 2.69 bits per heavy atom. The predicted molar refractivity (Wildman–Crippen MR) is 44.4 cm³/mol. The van der Waals surface area contributed by atoms with E-state index in [1.165, 1.54) is 0 Å². The summed E-state index contributed by atoms with van der Waals surface area (Å²) in [6.07, 6.45) is -1.84. The molecule has 0 atom stereocenters. The van der Waals surface area contributed by atoms with Crippen LogP contribution in [0, 0.1) is 5.82 Å². The SMILES string of the molecule is O=c1cc(Br)n(CC(F)F)cc1F. The Bertz CT molecular complexity index is 363. The summed E-state index contributed by atoms with van der Waals surface area (Å²) in [6.45, 7) is -0.641. The largest absolute Gasteiger partial charge is 0.333 e. The maximum absolute atomic E-state index is 12.6. The van der Waals surface area contributed by atoms with Crippen LogP contribution < -0.4 is 5.43 Å². The molecule has 0 saturated heterocycles.